The fraction of sp³-hybridized carbons (Fsp3) is 0. The number of hydrogen-bond donors (Lipinski definition) is 2. The lowest BCUT2D eigenvalue weighted by atomic mass is 10.2. The zero-order valence-corrected chi connectivity index (χ0v) is 11.7. The fourth-order valence-electron chi connectivity index (χ4n) is 1.97. The molecule has 3 rings (SSSR count). The number of nitrogens with one attached hydrogen (secondary N) is 2. The Labute approximate surface area is 127 Å². The monoisotopic (exact) mass is 290 g/mol. The highest BCUT2D eigenvalue weighted by Crippen LogP contribution is 2.07. The highest BCUT2D eigenvalue weighted by molar-refractivity contribution is 5.79. The van der Waals surface area contributed by atoms with Crippen LogP contribution in [0.25, 0.3) is 17.1 Å². The molecule has 0 saturated carbocycles. The minimum Gasteiger partial charge on any atom is -0.317 e. The SMILES string of the molecule is O=c1[nH]c2ccccc2nc1N/N=C/C=C\c1ccccc1. The van der Waals surface area contributed by atoms with Crippen LogP contribution in [0, 0.1) is 0 Å². The molecule has 3 aromatic rings. The third-order valence-electron chi connectivity index (χ3n) is 3.02. The van der Waals surface area contributed by atoms with Gasteiger partial charge in [0.2, 0.25) is 5.82 Å². The molecule has 0 bridgehead atoms. The molecule has 0 spiro atoms. The molecule has 108 valence electrons. The van der Waals surface area contributed by atoms with Gasteiger partial charge in [0.25, 0.3) is 5.56 Å². The number of anilines is 1. The molecule has 5 heteroatoms. The average Bonchev–Trinajstić information content (AvgIpc) is 2.56. The number of hydrazone groups is 1. The zero-order chi connectivity index (χ0) is 15.2. The minimum absolute atomic E-state index is 0.170. The van der Waals surface area contributed by atoms with Crippen LogP contribution in [0.2, 0.25) is 0 Å². The Morgan fingerprint density at radius 2 is 1.82 bits per heavy atom. The lowest BCUT2D eigenvalue weighted by Gasteiger charge is -2.00. The van der Waals surface area contributed by atoms with Crippen molar-refractivity contribution in [3.63, 3.8) is 0 Å². The largest absolute Gasteiger partial charge is 0.317 e. The Bertz CT molecular complexity index is 882. The number of benzene rings is 2. The van der Waals surface area contributed by atoms with Gasteiger partial charge in [0.05, 0.1) is 11.0 Å². The van der Waals surface area contributed by atoms with Crippen molar-refractivity contribution in [2.24, 2.45) is 5.10 Å². The average molecular weight is 290 g/mol. The molecule has 22 heavy (non-hydrogen) atoms. The van der Waals surface area contributed by atoms with Crippen LogP contribution < -0.4 is 11.0 Å². The summed E-state index contributed by atoms with van der Waals surface area (Å²) in [6, 6.07) is 17.2. The first-order valence-corrected chi connectivity index (χ1v) is 6.83. The Morgan fingerprint density at radius 1 is 1.05 bits per heavy atom. The van der Waals surface area contributed by atoms with Gasteiger partial charge in [-0.1, -0.05) is 48.5 Å². The molecule has 0 atom stereocenters. The first-order valence-electron chi connectivity index (χ1n) is 6.83. The lowest BCUT2D eigenvalue weighted by Crippen LogP contribution is -2.13. The molecule has 2 N–H and O–H groups in total. The van der Waals surface area contributed by atoms with Gasteiger partial charge in [-0.15, -0.1) is 0 Å². The number of rotatable bonds is 4. The maximum Gasteiger partial charge on any atom is 0.293 e. The number of aromatic nitrogens is 2. The molecule has 0 aliphatic rings. The van der Waals surface area contributed by atoms with Crippen LogP contribution in [-0.2, 0) is 0 Å². The summed E-state index contributed by atoms with van der Waals surface area (Å²) < 4.78 is 0. The van der Waals surface area contributed by atoms with E-state index in [1.54, 1.807) is 18.4 Å². The highest BCUT2D eigenvalue weighted by Gasteiger charge is 2.02. The van der Waals surface area contributed by atoms with Gasteiger partial charge < -0.3 is 4.98 Å². The second-order valence-corrected chi connectivity index (χ2v) is 4.59. The molecule has 0 unspecified atom stereocenters. The molecule has 5 nitrogen and oxygen atoms in total. The van der Waals surface area contributed by atoms with Gasteiger partial charge in [-0.2, -0.15) is 5.10 Å². The summed E-state index contributed by atoms with van der Waals surface area (Å²) in [5, 5.41) is 3.98. The summed E-state index contributed by atoms with van der Waals surface area (Å²) in [6.07, 6.45) is 5.28. The van der Waals surface area contributed by atoms with E-state index in [1.165, 1.54) is 0 Å². The van der Waals surface area contributed by atoms with Crippen molar-refractivity contribution >= 4 is 29.1 Å². The smallest absolute Gasteiger partial charge is 0.293 e. The number of nitrogens with zero attached hydrogens (tertiary/aromatic N) is 2. The Balaban J connectivity index is 1.71. The van der Waals surface area contributed by atoms with Crippen molar-refractivity contribution in [3.05, 3.63) is 76.6 Å². The van der Waals surface area contributed by atoms with Crippen molar-refractivity contribution in [2.75, 3.05) is 5.43 Å². The summed E-state index contributed by atoms with van der Waals surface area (Å²) in [5.41, 5.74) is 4.84. The van der Waals surface area contributed by atoms with Crippen LogP contribution in [0.15, 0.2) is 70.6 Å². The number of H-pyrrole nitrogens is 1. The van der Waals surface area contributed by atoms with Gasteiger partial charge in [0, 0.05) is 6.21 Å². The molecule has 0 aliphatic heterocycles. The first kappa shape index (κ1) is 13.8. The number of fused-ring (bicyclic) bond motifs is 1. The molecular weight excluding hydrogens is 276 g/mol. The number of hydrogen-bond acceptors (Lipinski definition) is 4. The van der Waals surface area contributed by atoms with Crippen molar-refractivity contribution in [2.45, 2.75) is 0 Å². The Kier molecular flexibility index (Phi) is 4.06. The predicted molar refractivity (Wildman–Crippen MR) is 90.0 cm³/mol. The summed E-state index contributed by atoms with van der Waals surface area (Å²) in [4.78, 5) is 18.8. The van der Waals surface area contributed by atoms with Crippen LogP contribution in [0.5, 0.6) is 0 Å². The number of allylic oxidation sites excluding steroid dienone is 1. The highest BCUT2D eigenvalue weighted by atomic mass is 16.1. The van der Waals surface area contributed by atoms with E-state index in [9.17, 15) is 4.79 Å². The molecule has 0 fully saturated rings. The Hall–Kier alpha value is -3.21. The van der Waals surface area contributed by atoms with Gasteiger partial charge in [-0.25, -0.2) is 4.98 Å². The third kappa shape index (κ3) is 3.27. The van der Waals surface area contributed by atoms with E-state index < -0.39 is 0 Å². The first-order chi connectivity index (χ1) is 10.8. The van der Waals surface area contributed by atoms with Crippen LogP contribution in [0.1, 0.15) is 5.56 Å². The van der Waals surface area contributed by atoms with E-state index >= 15 is 0 Å². The lowest BCUT2D eigenvalue weighted by molar-refractivity contribution is 1.17. The third-order valence-corrected chi connectivity index (χ3v) is 3.02. The second kappa shape index (κ2) is 6.49. The van der Waals surface area contributed by atoms with E-state index in [2.05, 4.69) is 20.5 Å². The quantitative estimate of drug-likeness (QED) is 0.573. The fourth-order valence-corrected chi connectivity index (χ4v) is 1.97. The van der Waals surface area contributed by atoms with Crippen LogP contribution >= 0.6 is 0 Å². The molecule has 1 aromatic heterocycles. The van der Waals surface area contributed by atoms with Crippen molar-refractivity contribution in [1.29, 1.82) is 0 Å². The molecule has 2 aromatic carbocycles. The topological polar surface area (TPSA) is 70.1 Å². The van der Waals surface area contributed by atoms with Gasteiger partial charge in [0.15, 0.2) is 0 Å². The second-order valence-electron chi connectivity index (χ2n) is 4.59. The van der Waals surface area contributed by atoms with E-state index in [-0.39, 0.29) is 11.4 Å². The van der Waals surface area contributed by atoms with Crippen LogP contribution in [-0.4, -0.2) is 16.2 Å². The molecule has 0 radical (unpaired) electrons. The Morgan fingerprint density at radius 3 is 2.68 bits per heavy atom. The minimum atomic E-state index is -0.303. The summed E-state index contributed by atoms with van der Waals surface area (Å²) in [5.74, 6) is 0.170. The van der Waals surface area contributed by atoms with Gasteiger partial charge in [0.1, 0.15) is 0 Å². The molecule has 0 aliphatic carbocycles. The maximum absolute atomic E-state index is 11.8. The summed E-state index contributed by atoms with van der Waals surface area (Å²) in [6.45, 7) is 0. The van der Waals surface area contributed by atoms with Crippen LogP contribution in [0.4, 0.5) is 5.82 Å². The standard InChI is InChI=1S/C17H14N4O/c22-17-16(19-14-10-4-5-11-15(14)20-17)21-18-12-6-9-13-7-2-1-3-8-13/h1-12H,(H,19,21)(H,20,22)/b9-6-,18-12+. The number of aromatic amines is 1. The van der Waals surface area contributed by atoms with E-state index in [4.69, 9.17) is 0 Å². The van der Waals surface area contributed by atoms with Gasteiger partial charge in [-0.3, -0.25) is 10.2 Å². The van der Waals surface area contributed by atoms with Crippen molar-refractivity contribution in [3.8, 4) is 0 Å². The van der Waals surface area contributed by atoms with Gasteiger partial charge >= 0.3 is 0 Å². The van der Waals surface area contributed by atoms with Crippen LogP contribution in [0.3, 0.4) is 0 Å². The normalized spacial score (nSPS) is 11.5. The molecule has 0 amide bonds. The van der Waals surface area contributed by atoms with Gasteiger partial charge in [-0.05, 0) is 23.8 Å². The number of para-hydroxylation sites is 2. The predicted octanol–water partition coefficient (Wildman–Crippen LogP) is 3.03. The molecule has 1 heterocycles. The van der Waals surface area contributed by atoms with E-state index in [0.717, 1.165) is 5.56 Å². The van der Waals surface area contributed by atoms with E-state index in [0.29, 0.717) is 11.0 Å². The van der Waals surface area contributed by atoms with E-state index in [1.807, 2.05) is 54.6 Å². The summed E-state index contributed by atoms with van der Waals surface area (Å²) >= 11 is 0. The molecular formula is C17H14N4O. The van der Waals surface area contributed by atoms with Crippen molar-refractivity contribution in [1.82, 2.24) is 9.97 Å². The zero-order valence-electron chi connectivity index (χ0n) is 11.7. The maximum atomic E-state index is 11.8. The summed E-state index contributed by atoms with van der Waals surface area (Å²) in [7, 11) is 0. The van der Waals surface area contributed by atoms with Crippen molar-refractivity contribution < 1.29 is 0 Å². The molecule has 0 saturated heterocycles.